The van der Waals surface area contributed by atoms with Crippen molar-refractivity contribution in [2.24, 2.45) is 0 Å². The first kappa shape index (κ1) is 5.41. The van der Waals surface area contributed by atoms with Crippen LogP contribution in [0.25, 0.3) is 6.08 Å². The molecule has 0 radical (unpaired) electrons. The van der Waals surface area contributed by atoms with Gasteiger partial charge in [0.25, 0.3) is 0 Å². The van der Waals surface area contributed by atoms with Gasteiger partial charge in [0.15, 0.2) is 5.88 Å². The zero-order valence-corrected chi connectivity index (χ0v) is 5.42. The van der Waals surface area contributed by atoms with Gasteiger partial charge in [-0.3, -0.25) is 0 Å². The van der Waals surface area contributed by atoms with Gasteiger partial charge in [-0.25, -0.2) is 0 Å². The number of hydrogen-bond acceptors (Lipinski definition) is 3. The van der Waals surface area contributed by atoms with E-state index in [0.29, 0.717) is 5.88 Å². The first-order valence-corrected chi connectivity index (χ1v) is 3.14. The summed E-state index contributed by atoms with van der Waals surface area (Å²) >= 11 is 0. The van der Waals surface area contributed by atoms with Crippen LogP contribution < -0.4 is 11.1 Å². The molecular weight excluding hydrogens is 128 g/mol. The van der Waals surface area contributed by atoms with Gasteiger partial charge in [-0.2, -0.15) is 0 Å². The zero-order valence-electron chi connectivity index (χ0n) is 5.42. The van der Waals surface area contributed by atoms with Crippen LogP contribution >= 0.6 is 0 Å². The van der Waals surface area contributed by atoms with Crippen molar-refractivity contribution in [1.29, 1.82) is 0 Å². The quantitative estimate of drug-likeness (QED) is 0.558. The van der Waals surface area contributed by atoms with Crippen molar-refractivity contribution in [3.63, 3.8) is 0 Å². The molecule has 0 bridgehead atoms. The van der Waals surface area contributed by atoms with Crippen molar-refractivity contribution >= 4 is 12.0 Å². The summed E-state index contributed by atoms with van der Waals surface area (Å²) in [6.07, 6.45) is 3.83. The topological polar surface area (TPSA) is 51.2 Å². The fourth-order valence-corrected chi connectivity index (χ4v) is 1.04. The van der Waals surface area contributed by atoms with Gasteiger partial charge in [0.05, 0.1) is 6.54 Å². The van der Waals surface area contributed by atoms with Crippen LogP contribution in [0.15, 0.2) is 16.7 Å². The summed E-state index contributed by atoms with van der Waals surface area (Å²) in [6, 6.07) is 1.83. The van der Waals surface area contributed by atoms with Gasteiger partial charge in [0, 0.05) is 11.6 Å². The molecule has 0 unspecified atom stereocenters. The second kappa shape index (κ2) is 1.80. The lowest BCUT2D eigenvalue weighted by Gasteiger charge is -2.03. The number of nitrogens with one attached hydrogen (secondary N) is 1. The highest BCUT2D eigenvalue weighted by Gasteiger charge is 2.08. The standard InChI is InChI=1S/C7H8N2O/c8-7-3-5-1-2-9-4-6(5)10-7/h1-3,9H,4,8H2. The van der Waals surface area contributed by atoms with E-state index in [-0.39, 0.29) is 0 Å². The molecule has 10 heavy (non-hydrogen) atoms. The molecule has 0 saturated heterocycles. The molecule has 0 amide bonds. The number of rotatable bonds is 0. The van der Waals surface area contributed by atoms with Gasteiger partial charge in [-0.05, 0) is 12.3 Å². The lowest BCUT2D eigenvalue weighted by Crippen LogP contribution is -2.07. The largest absolute Gasteiger partial charge is 0.443 e. The molecule has 3 nitrogen and oxygen atoms in total. The minimum atomic E-state index is 0.485. The van der Waals surface area contributed by atoms with E-state index < -0.39 is 0 Å². The SMILES string of the molecule is Nc1cc2c(o1)CNC=C2. The van der Waals surface area contributed by atoms with Crippen molar-refractivity contribution in [1.82, 2.24) is 5.32 Å². The molecule has 0 aromatic carbocycles. The van der Waals surface area contributed by atoms with Gasteiger partial charge in [0.2, 0.25) is 0 Å². The van der Waals surface area contributed by atoms with E-state index in [1.807, 2.05) is 18.3 Å². The molecule has 52 valence electrons. The van der Waals surface area contributed by atoms with Crippen LogP contribution in [0, 0.1) is 0 Å². The highest BCUT2D eigenvalue weighted by molar-refractivity contribution is 5.56. The number of nitrogen functional groups attached to an aromatic ring is 1. The fourth-order valence-electron chi connectivity index (χ4n) is 1.04. The molecule has 3 heteroatoms. The third-order valence-corrected chi connectivity index (χ3v) is 1.50. The molecule has 0 atom stereocenters. The zero-order chi connectivity index (χ0) is 6.97. The van der Waals surface area contributed by atoms with Crippen LogP contribution in [-0.2, 0) is 6.54 Å². The van der Waals surface area contributed by atoms with Crippen molar-refractivity contribution in [3.8, 4) is 0 Å². The molecule has 1 aromatic heterocycles. The maximum absolute atomic E-state index is 5.43. The average Bonchev–Trinajstić information content (AvgIpc) is 2.27. The van der Waals surface area contributed by atoms with Crippen LogP contribution in [-0.4, -0.2) is 0 Å². The number of hydrogen-bond donors (Lipinski definition) is 2. The lowest BCUT2D eigenvalue weighted by molar-refractivity contribution is 0.513. The molecule has 3 N–H and O–H groups in total. The van der Waals surface area contributed by atoms with E-state index in [1.165, 1.54) is 0 Å². The minimum absolute atomic E-state index is 0.485. The number of anilines is 1. The summed E-state index contributed by atoms with van der Waals surface area (Å²) in [7, 11) is 0. The Morgan fingerprint density at radius 1 is 1.60 bits per heavy atom. The maximum atomic E-state index is 5.43. The van der Waals surface area contributed by atoms with Crippen LogP contribution in [0.5, 0.6) is 0 Å². The Labute approximate surface area is 58.5 Å². The molecule has 0 spiro atoms. The van der Waals surface area contributed by atoms with E-state index in [4.69, 9.17) is 10.2 Å². The first-order chi connectivity index (χ1) is 4.86. The monoisotopic (exact) mass is 136 g/mol. The third kappa shape index (κ3) is 0.673. The van der Waals surface area contributed by atoms with Crippen molar-refractivity contribution < 1.29 is 4.42 Å². The predicted octanol–water partition coefficient (Wildman–Crippen LogP) is 0.936. The molecule has 0 aliphatic carbocycles. The van der Waals surface area contributed by atoms with Crippen molar-refractivity contribution in [2.45, 2.75) is 6.54 Å². The van der Waals surface area contributed by atoms with E-state index in [2.05, 4.69) is 5.32 Å². The molecule has 2 rings (SSSR count). The number of fused-ring (bicyclic) bond motifs is 1. The molecule has 1 aliphatic heterocycles. The normalized spacial score (nSPS) is 14.4. The average molecular weight is 136 g/mol. The highest BCUT2D eigenvalue weighted by atomic mass is 16.4. The van der Waals surface area contributed by atoms with Crippen molar-refractivity contribution in [2.75, 3.05) is 5.73 Å². The summed E-state index contributed by atoms with van der Waals surface area (Å²) < 4.78 is 5.17. The van der Waals surface area contributed by atoms with Crippen LogP contribution in [0.4, 0.5) is 5.88 Å². The molecular formula is C7H8N2O. The minimum Gasteiger partial charge on any atom is -0.443 e. The Morgan fingerprint density at radius 3 is 3.30 bits per heavy atom. The van der Waals surface area contributed by atoms with E-state index >= 15 is 0 Å². The van der Waals surface area contributed by atoms with Crippen LogP contribution in [0.2, 0.25) is 0 Å². The maximum Gasteiger partial charge on any atom is 0.191 e. The van der Waals surface area contributed by atoms with Gasteiger partial charge in [-0.15, -0.1) is 0 Å². The Balaban J connectivity index is 2.53. The Morgan fingerprint density at radius 2 is 2.50 bits per heavy atom. The van der Waals surface area contributed by atoms with Gasteiger partial charge in [0.1, 0.15) is 5.76 Å². The molecule has 2 heterocycles. The van der Waals surface area contributed by atoms with E-state index in [9.17, 15) is 0 Å². The molecule has 1 aromatic rings. The van der Waals surface area contributed by atoms with Crippen LogP contribution in [0.3, 0.4) is 0 Å². The van der Waals surface area contributed by atoms with Crippen LogP contribution in [0.1, 0.15) is 11.3 Å². The lowest BCUT2D eigenvalue weighted by atomic mass is 10.2. The predicted molar refractivity (Wildman–Crippen MR) is 39.0 cm³/mol. The first-order valence-electron chi connectivity index (χ1n) is 3.14. The summed E-state index contributed by atoms with van der Waals surface area (Å²) in [4.78, 5) is 0. The Kier molecular flexibility index (Phi) is 0.974. The smallest absolute Gasteiger partial charge is 0.191 e. The summed E-state index contributed by atoms with van der Waals surface area (Å²) in [5, 5.41) is 3.02. The summed E-state index contributed by atoms with van der Waals surface area (Å²) in [6.45, 7) is 0.739. The molecule has 0 fully saturated rings. The van der Waals surface area contributed by atoms with E-state index in [1.54, 1.807) is 0 Å². The third-order valence-electron chi connectivity index (χ3n) is 1.50. The van der Waals surface area contributed by atoms with Gasteiger partial charge in [-0.1, -0.05) is 0 Å². The highest BCUT2D eigenvalue weighted by Crippen LogP contribution is 2.20. The summed E-state index contributed by atoms with van der Waals surface area (Å²) in [5.41, 5.74) is 6.51. The van der Waals surface area contributed by atoms with Crippen molar-refractivity contribution in [3.05, 3.63) is 23.6 Å². The fraction of sp³-hybridized carbons (Fsp3) is 0.143. The second-order valence-corrected chi connectivity index (χ2v) is 2.24. The van der Waals surface area contributed by atoms with Gasteiger partial charge >= 0.3 is 0 Å². The Hall–Kier alpha value is -1.38. The summed E-state index contributed by atoms with van der Waals surface area (Å²) in [5.74, 6) is 1.40. The molecule has 0 saturated carbocycles. The molecule has 1 aliphatic rings. The number of furan rings is 1. The Bertz CT molecular complexity index is 275. The van der Waals surface area contributed by atoms with Gasteiger partial charge < -0.3 is 15.5 Å². The second-order valence-electron chi connectivity index (χ2n) is 2.24. The van der Waals surface area contributed by atoms with E-state index in [0.717, 1.165) is 17.9 Å². The number of nitrogens with two attached hydrogens (primary N) is 1.